The van der Waals surface area contributed by atoms with Crippen molar-refractivity contribution in [3.8, 4) is 0 Å². The van der Waals surface area contributed by atoms with Crippen molar-refractivity contribution in [2.45, 2.75) is 37.6 Å². The second-order valence-corrected chi connectivity index (χ2v) is 7.58. The smallest absolute Gasteiger partial charge is 0.238 e. The molecule has 2 heterocycles. The average molecular weight is 375 g/mol. The second-order valence-electron chi connectivity index (χ2n) is 5.84. The lowest BCUT2D eigenvalue weighted by molar-refractivity contribution is -0.115. The number of aromatic amines is 1. The fourth-order valence-corrected chi connectivity index (χ4v) is 3.46. The van der Waals surface area contributed by atoms with Crippen molar-refractivity contribution < 1.29 is 4.79 Å². The Bertz CT molecular complexity index is 925. The number of hydrogen-bond donors (Lipinski definition) is 2. The number of nitrogens with zero attached hydrogens (tertiary/aromatic N) is 2. The van der Waals surface area contributed by atoms with Crippen LogP contribution in [0.25, 0.3) is 11.0 Å². The number of thioether (sulfide) groups is 1. The highest BCUT2D eigenvalue weighted by Gasteiger charge is 2.18. The van der Waals surface area contributed by atoms with E-state index in [1.165, 1.54) is 17.3 Å². The number of nitrogens with one attached hydrogen (secondary N) is 2. The number of amides is 1. The van der Waals surface area contributed by atoms with Gasteiger partial charge in [-0.3, -0.25) is 4.79 Å². The van der Waals surface area contributed by atoms with Crippen molar-refractivity contribution >= 4 is 46.1 Å². The summed E-state index contributed by atoms with van der Waals surface area (Å²) in [5.74, 6) is 0.208. The third kappa shape index (κ3) is 4.14. The number of rotatable bonds is 5. The maximum atomic E-state index is 12.4. The lowest BCUT2D eigenvalue weighted by atomic mass is 10.1. The summed E-state index contributed by atoms with van der Waals surface area (Å²) >= 11 is 7.49. The number of anilines is 1. The number of H-pyrrole nitrogens is 1. The van der Waals surface area contributed by atoms with E-state index in [1.54, 1.807) is 12.3 Å². The maximum Gasteiger partial charge on any atom is 0.238 e. The Kier molecular flexibility index (Phi) is 5.30. The van der Waals surface area contributed by atoms with Gasteiger partial charge in [0.1, 0.15) is 0 Å². The first-order valence-electron chi connectivity index (χ1n) is 8.04. The van der Waals surface area contributed by atoms with E-state index in [0.29, 0.717) is 16.0 Å². The molecule has 0 saturated heterocycles. The largest absolute Gasteiger partial charge is 0.333 e. The first-order valence-corrected chi connectivity index (χ1v) is 9.30. The molecule has 0 spiro atoms. The minimum absolute atomic E-state index is 0.169. The molecule has 2 N–H and O–H groups in total. The number of halogens is 1. The van der Waals surface area contributed by atoms with Gasteiger partial charge in [0.25, 0.3) is 0 Å². The van der Waals surface area contributed by atoms with Gasteiger partial charge in [-0.1, -0.05) is 36.4 Å². The Hall–Kier alpha value is -2.05. The van der Waals surface area contributed by atoms with E-state index in [2.05, 4.69) is 39.3 Å². The topological polar surface area (TPSA) is 70.7 Å². The van der Waals surface area contributed by atoms with Crippen molar-refractivity contribution in [3.05, 3.63) is 46.6 Å². The molecule has 1 atom stereocenters. The molecule has 5 nitrogen and oxygen atoms in total. The van der Waals surface area contributed by atoms with E-state index in [9.17, 15) is 4.79 Å². The number of carbonyl (C=O) groups excluding carboxylic acids is 1. The molecule has 25 heavy (non-hydrogen) atoms. The van der Waals surface area contributed by atoms with Gasteiger partial charge in [0.2, 0.25) is 5.91 Å². The summed E-state index contributed by atoms with van der Waals surface area (Å²) in [5, 5.41) is 3.57. The van der Waals surface area contributed by atoms with Crippen molar-refractivity contribution in [2.75, 3.05) is 5.32 Å². The van der Waals surface area contributed by atoms with Crippen molar-refractivity contribution in [1.82, 2.24) is 15.0 Å². The molecule has 0 aliphatic rings. The van der Waals surface area contributed by atoms with Gasteiger partial charge in [0.05, 0.1) is 21.3 Å². The molecule has 1 aromatic carbocycles. The zero-order chi connectivity index (χ0) is 18.0. The highest BCUT2D eigenvalue weighted by molar-refractivity contribution is 8.00. The molecule has 3 rings (SSSR count). The number of fused-ring (bicyclic) bond motifs is 1. The molecule has 1 unspecified atom stereocenters. The van der Waals surface area contributed by atoms with Crippen LogP contribution in [0.1, 0.15) is 25.0 Å². The van der Waals surface area contributed by atoms with Gasteiger partial charge < -0.3 is 10.3 Å². The Morgan fingerprint density at radius 3 is 2.92 bits per heavy atom. The molecule has 0 bridgehead atoms. The van der Waals surface area contributed by atoms with E-state index in [-0.39, 0.29) is 11.2 Å². The first kappa shape index (κ1) is 17.8. The van der Waals surface area contributed by atoms with Crippen LogP contribution in [-0.4, -0.2) is 26.1 Å². The lowest BCUT2D eigenvalue weighted by Gasteiger charge is -2.11. The van der Waals surface area contributed by atoms with Crippen LogP contribution in [0, 0.1) is 6.92 Å². The first-order chi connectivity index (χ1) is 12.0. The summed E-state index contributed by atoms with van der Waals surface area (Å²) < 4.78 is 0. The molecule has 1 amide bonds. The average Bonchev–Trinajstić information content (AvgIpc) is 2.98. The van der Waals surface area contributed by atoms with E-state index >= 15 is 0 Å². The van der Waals surface area contributed by atoms with Crippen LogP contribution in [0.15, 0.2) is 35.6 Å². The lowest BCUT2D eigenvalue weighted by Crippen LogP contribution is -2.23. The number of aromatic nitrogens is 3. The Morgan fingerprint density at radius 1 is 1.40 bits per heavy atom. The van der Waals surface area contributed by atoms with Crippen LogP contribution in [0.3, 0.4) is 0 Å². The highest BCUT2D eigenvalue weighted by Crippen LogP contribution is 2.26. The van der Waals surface area contributed by atoms with Crippen molar-refractivity contribution in [2.24, 2.45) is 0 Å². The summed E-state index contributed by atoms with van der Waals surface area (Å²) in [6, 6.07) is 7.92. The van der Waals surface area contributed by atoms with Gasteiger partial charge in [-0.25, -0.2) is 9.97 Å². The quantitative estimate of drug-likeness (QED) is 0.640. The number of pyridine rings is 1. The number of imidazole rings is 1. The van der Waals surface area contributed by atoms with Crippen molar-refractivity contribution in [3.63, 3.8) is 0 Å². The zero-order valence-electron chi connectivity index (χ0n) is 14.3. The Balaban J connectivity index is 1.70. The van der Waals surface area contributed by atoms with Crippen LogP contribution in [0.4, 0.5) is 5.82 Å². The summed E-state index contributed by atoms with van der Waals surface area (Å²) in [6.45, 7) is 5.84. The van der Waals surface area contributed by atoms with E-state index in [0.717, 1.165) is 23.0 Å². The van der Waals surface area contributed by atoms with Gasteiger partial charge in [-0.05, 0) is 49.6 Å². The summed E-state index contributed by atoms with van der Waals surface area (Å²) in [4.78, 5) is 24.4. The Labute approximate surface area is 155 Å². The molecular formula is C18H19ClN4OS. The highest BCUT2D eigenvalue weighted by atomic mass is 35.5. The third-order valence-corrected chi connectivity index (χ3v) is 5.08. The second kappa shape index (κ2) is 7.45. The van der Waals surface area contributed by atoms with Crippen LogP contribution < -0.4 is 5.32 Å². The normalized spacial score (nSPS) is 12.3. The van der Waals surface area contributed by atoms with Gasteiger partial charge in [-0.15, -0.1) is 0 Å². The van der Waals surface area contributed by atoms with Crippen LogP contribution in [-0.2, 0) is 11.2 Å². The monoisotopic (exact) mass is 374 g/mol. The maximum absolute atomic E-state index is 12.4. The van der Waals surface area contributed by atoms with Crippen LogP contribution >= 0.6 is 23.4 Å². The number of benzene rings is 1. The molecular weight excluding hydrogens is 356 g/mol. The predicted octanol–water partition coefficient (Wildman–Crippen LogP) is 4.60. The van der Waals surface area contributed by atoms with Crippen LogP contribution in [0.5, 0.6) is 0 Å². The van der Waals surface area contributed by atoms with Gasteiger partial charge in [0.15, 0.2) is 11.0 Å². The molecule has 0 radical (unpaired) electrons. The molecule has 0 fully saturated rings. The van der Waals surface area contributed by atoms with Gasteiger partial charge in [0, 0.05) is 6.20 Å². The minimum Gasteiger partial charge on any atom is -0.333 e. The Morgan fingerprint density at radius 2 is 2.20 bits per heavy atom. The van der Waals surface area contributed by atoms with E-state index < -0.39 is 0 Å². The zero-order valence-corrected chi connectivity index (χ0v) is 15.8. The number of hydrogen-bond acceptors (Lipinski definition) is 4. The number of carbonyl (C=O) groups is 1. The molecule has 3 aromatic rings. The summed E-state index contributed by atoms with van der Waals surface area (Å²) in [7, 11) is 0. The van der Waals surface area contributed by atoms with Gasteiger partial charge >= 0.3 is 0 Å². The fourth-order valence-electron chi connectivity index (χ4n) is 2.37. The predicted molar refractivity (Wildman–Crippen MR) is 103 cm³/mol. The standard InChI is InChI=1S/C18H19ClN4OS/c1-4-12-5-6-14-15(8-12)22-18(21-14)25-11(3)17(24)23-16-13(19)7-10(2)9-20-16/h5-9,11H,4H2,1-3H3,(H,21,22)(H,20,23,24). The third-order valence-electron chi connectivity index (χ3n) is 3.81. The van der Waals surface area contributed by atoms with Crippen molar-refractivity contribution in [1.29, 1.82) is 0 Å². The number of aryl methyl sites for hydroxylation is 2. The summed E-state index contributed by atoms with van der Waals surface area (Å²) in [6.07, 6.45) is 2.64. The van der Waals surface area contributed by atoms with E-state index in [4.69, 9.17) is 11.6 Å². The van der Waals surface area contributed by atoms with E-state index in [1.807, 2.05) is 19.9 Å². The molecule has 0 aliphatic heterocycles. The minimum atomic E-state index is -0.342. The molecule has 130 valence electrons. The fraction of sp³-hybridized carbons (Fsp3) is 0.278. The van der Waals surface area contributed by atoms with Crippen LogP contribution in [0.2, 0.25) is 5.02 Å². The molecule has 2 aromatic heterocycles. The SMILES string of the molecule is CCc1ccc2nc(SC(C)C(=O)Nc3ncc(C)cc3Cl)[nH]c2c1. The van der Waals surface area contributed by atoms with Gasteiger partial charge in [-0.2, -0.15) is 0 Å². The molecule has 7 heteroatoms. The molecule has 0 saturated carbocycles. The molecule has 0 aliphatic carbocycles. The summed E-state index contributed by atoms with van der Waals surface area (Å²) in [5.41, 5.74) is 4.07.